The third-order valence-electron chi connectivity index (χ3n) is 3.41. The van der Waals surface area contributed by atoms with E-state index in [1.165, 1.54) is 11.3 Å². The zero-order chi connectivity index (χ0) is 16.3. The van der Waals surface area contributed by atoms with Gasteiger partial charge in [-0.05, 0) is 12.5 Å². The van der Waals surface area contributed by atoms with E-state index < -0.39 is 9.84 Å². The molecular formula is C18H17NO2S2. The summed E-state index contributed by atoms with van der Waals surface area (Å²) >= 11 is 1.48. The Morgan fingerprint density at radius 3 is 2.52 bits per heavy atom. The summed E-state index contributed by atoms with van der Waals surface area (Å²) in [4.78, 5) is 4.46. The molecule has 0 atom stereocenters. The molecule has 0 N–H and O–H groups in total. The maximum Gasteiger partial charge on any atom is 0.160 e. The van der Waals surface area contributed by atoms with Crippen LogP contribution >= 0.6 is 11.3 Å². The van der Waals surface area contributed by atoms with Crippen LogP contribution in [-0.4, -0.2) is 13.4 Å². The van der Waals surface area contributed by atoms with Crippen molar-refractivity contribution in [3.05, 3.63) is 76.8 Å². The molecule has 0 saturated carbocycles. The third-order valence-corrected chi connectivity index (χ3v) is 5.86. The molecule has 0 spiro atoms. The number of nitrogens with zero attached hydrogens (tertiary/aromatic N) is 1. The van der Waals surface area contributed by atoms with Gasteiger partial charge in [0.2, 0.25) is 0 Å². The van der Waals surface area contributed by atoms with Crippen LogP contribution in [0.1, 0.15) is 16.8 Å². The van der Waals surface area contributed by atoms with Gasteiger partial charge in [0.25, 0.3) is 0 Å². The molecule has 0 unspecified atom stereocenters. The molecular weight excluding hydrogens is 326 g/mol. The van der Waals surface area contributed by atoms with Crippen LogP contribution in [0.5, 0.6) is 0 Å². The lowest BCUT2D eigenvalue weighted by atomic mass is 10.2. The van der Waals surface area contributed by atoms with E-state index in [-0.39, 0.29) is 11.5 Å². The van der Waals surface area contributed by atoms with Crippen molar-refractivity contribution in [2.45, 2.75) is 18.4 Å². The lowest BCUT2D eigenvalue weighted by Gasteiger charge is -2.04. The molecule has 0 aliphatic carbocycles. The minimum atomic E-state index is -3.23. The molecule has 0 radical (unpaired) electrons. The van der Waals surface area contributed by atoms with E-state index in [9.17, 15) is 8.42 Å². The fourth-order valence-corrected chi connectivity index (χ4v) is 4.74. The lowest BCUT2D eigenvalue weighted by Crippen LogP contribution is -2.08. The Balaban J connectivity index is 1.75. The molecule has 3 rings (SSSR count). The first-order valence-corrected chi connectivity index (χ1v) is 9.98. The predicted octanol–water partition coefficient (Wildman–Crippen LogP) is 4.23. The van der Waals surface area contributed by atoms with E-state index in [1.807, 2.05) is 66.9 Å². The number of sulfone groups is 1. The van der Waals surface area contributed by atoms with E-state index in [2.05, 4.69) is 4.98 Å². The van der Waals surface area contributed by atoms with Crippen molar-refractivity contribution in [3.8, 4) is 10.6 Å². The van der Waals surface area contributed by atoms with Gasteiger partial charge in [-0.2, -0.15) is 0 Å². The summed E-state index contributed by atoms with van der Waals surface area (Å²) < 4.78 is 24.8. The molecule has 0 aliphatic rings. The maximum absolute atomic E-state index is 12.4. The first-order chi connectivity index (χ1) is 11.0. The van der Waals surface area contributed by atoms with Crippen LogP contribution in [0.25, 0.3) is 10.6 Å². The Morgan fingerprint density at radius 2 is 1.78 bits per heavy atom. The molecule has 118 valence electrons. The van der Waals surface area contributed by atoms with Crippen molar-refractivity contribution in [2.75, 3.05) is 0 Å². The highest BCUT2D eigenvalue weighted by Crippen LogP contribution is 2.24. The minimum Gasteiger partial charge on any atom is -0.240 e. The monoisotopic (exact) mass is 343 g/mol. The lowest BCUT2D eigenvalue weighted by molar-refractivity contribution is 0.594. The maximum atomic E-state index is 12.4. The van der Waals surface area contributed by atoms with Crippen molar-refractivity contribution >= 4 is 21.2 Å². The molecule has 0 bridgehead atoms. The number of rotatable bonds is 5. The van der Waals surface area contributed by atoms with Crippen molar-refractivity contribution in [2.24, 2.45) is 0 Å². The number of thiazole rings is 1. The van der Waals surface area contributed by atoms with Gasteiger partial charge in [-0.1, -0.05) is 60.2 Å². The van der Waals surface area contributed by atoms with Crippen molar-refractivity contribution in [1.29, 1.82) is 0 Å². The molecule has 23 heavy (non-hydrogen) atoms. The largest absolute Gasteiger partial charge is 0.240 e. The molecule has 2 aromatic carbocycles. The van der Waals surface area contributed by atoms with Gasteiger partial charge in [-0.3, -0.25) is 0 Å². The smallest absolute Gasteiger partial charge is 0.160 e. The molecule has 5 heteroatoms. The van der Waals surface area contributed by atoms with Gasteiger partial charge >= 0.3 is 0 Å². The van der Waals surface area contributed by atoms with Gasteiger partial charge in [0, 0.05) is 10.9 Å². The molecule has 3 aromatic rings. The summed E-state index contributed by atoms with van der Waals surface area (Å²) in [6.07, 6.45) is 0. The summed E-state index contributed by atoms with van der Waals surface area (Å²) in [5, 5.41) is 2.68. The molecule has 0 aliphatic heterocycles. The summed E-state index contributed by atoms with van der Waals surface area (Å²) in [6.45, 7) is 1.96. The Bertz CT molecular complexity index is 900. The number of hydrogen-bond donors (Lipinski definition) is 0. The molecule has 0 amide bonds. The van der Waals surface area contributed by atoms with Crippen LogP contribution in [0, 0.1) is 6.92 Å². The van der Waals surface area contributed by atoms with Crippen LogP contribution in [0.15, 0.2) is 60.0 Å². The second kappa shape index (κ2) is 6.64. The SMILES string of the molecule is Cc1cccc(CS(=O)(=O)Cc2csc(-c3ccccc3)n2)c1. The fraction of sp³-hybridized carbons (Fsp3) is 0.167. The second-order valence-electron chi connectivity index (χ2n) is 5.53. The van der Waals surface area contributed by atoms with Gasteiger partial charge in [-0.15, -0.1) is 11.3 Å². The highest BCUT2D eigenvalue weighted by Gasteiger charge is 2.16. The molecule has 0 saturated heterocycles. The number of aryl methyl sites for hydroxylation is 1. The normalized spacial score (nSPS) is 11.5. The molecule has 3 nitrogen and oxygen atoms in total. The summed E-state index contributed by atoms with van der Waals surface area (Å²) in [5.41, 5.74) is 3.52. The Morgan fingerprint density at radius 1 is 1.00 bits per heavy atom. The van der Waals surface area contributed by atoms with E-state index in [0.717, 1.165) is 21.7 Å². The van der Waals surface area contributed by atoms with Crippen LogP contribution in [0.2, 0.25) is 0 Å². The highest BCUT2D eigenvalue weighted by atomic mass is 32.2. The first kappa shape index (κ1) is 15.9. The van der Waals surface area contributed by atoms with Crippen LogP contribution in [-0.2, 0) is 21.3 Å². The van der Waals surface area contributed by atoms with Crippen LogP contribution in [0.3, 0.4) is 0 Å². The fourth-order valence-electron chi connectivity index (χ4n) is 2.42. The Hall–Kier alpha value is -1.98. The number of benzene rings is 2. The van der Waals surface area contributed by atoms with Crippen molar-refractivity contribution in [3.63, 3.8) is 0 Å². The quantitative estimate of drug-likeness (QED) is 0.696. The Labute approximate surface area is 140 Å². The number of aromatic nitrogens is 1. The zero-order valence-electron chi connectivity index (χ0n) is 12.8. The average Bonchev–Trinajstić information content (AvgIpc) is 2.95. The van der Waals surface area contributed by atoms with Crippen molar-refractivity contribution in [1.82, 2.24) is 4.98 Å². The number of hydrogen-bond acceptors (Lipinski definition) is 4. The van der Waals surface area contributed by atoms with Gasteiger partial charge in [0.05, 0.1) is 17.2 Å². The first-order valence-electron chi connectivity index (χ1n) is 7.28. The standard InChI is InChI=1S/C18H17NO2S2/c1-14-6-5-7-15(10-14)12-23(20,21)13-17-11-22-18(19-17)16-8-3-2-4-9-16/h2-11H,12-13H2,1H3. The summed E-state index contributed by atoms with van der Waals surface area (Å²) in [6, 6.07) is 17.4. The Kier molecular flexibility index (Phi) is 4.59. The van der Waals surface area contributed by atoms with Gasteiger partial charge < -0.3 is 0 Å². The second-order valence-corrected chi connectivity index (χ2v) is 8.45. The summed E-state index contributed by atoms with van der Waals surface area (Å²) in [7, 11) is -3.23. The minimum absolute atomic E-state index is 0.0235. The predicted molar refractivity (Wildman–Crippen MR) is 95.1 cm³/mol. The van der Waals surface area contributed by atoms with Crippen LogP contribution in [0.4, 0.5) is 0 Å². The van der Waals surface area contributed by atoms with E-state index >= 15 is 0 Å². The van der Waals surface area contributed by atoms with Gasteiger partial charge in [-0.25, -0.2) is 13.4 Å². The van der Waals surface area contributed by atoms with Gasteiger partial charge in [0.1, 0.15) is 5.01 Å². The molecule has 0 fully saturated rings. The summed E-state index contributed by atoms with van der Waals surface area (Å²) in [5.74, 6) is 0.0250. The average molecular weight is 343 g/mol. The van der Waals surface area contributed by atoms with E-state index in [4.69, 9.17) is 0 Å². The third kappa shape index (κ3) is 4.27. The highest BCUT2D eigenvalue weighted by molar-refractivity contribution is 7.89. The van der Waals surface area contributed by atoms with Gasteiger partial charge in [0.15, 0.2) is 9.84 Å². The zero-order valence-corrected chi connectivity index (χ0v) is 14.4. The van der Waals surface area contributed by atoms with Crippen molar-refractivity contribution < 1.29 is 8.42 Å². The topological polar surface area (TPSA) is 47.0 Å². The molecule has 1 heterocycles. The van der Waals surface area contributed by atoms with E-state index in [0.29, 0.717) is 5.69 Å². The van der Waals surface area contributed by atoms with E-state index in [1.54, 1.807) is 0 Å². The van der Waals surface area contributed by atoms with Crippen LogP contribution < -0.4 is 0 Å². The molecule has 1 aromatic heterocycles.